The van der Waals surface area contributed by atoms with Crippen LogP contribution in [0.3, 0.4) is 0 Å². The van der Waals surface area contributed by atoms with Crippen molar-refractivity contribution in [3.63, 3.8) is 0 Å². The van der Waals surface area contributed by atoms with Crippen molar-refractivity contribution in [2.75, 3.05) is 13.1 Å². The van der Waals surface area contributed by atoms with Gasteiger partial charge in [0.05, 0.1) is 5.69 Å². The molecule has 1 aliphatic rings. The van der Waals surface area contributed by atoms with Gasteiger partial charge >= 0.3 is 0 Å². The molecule has 132 valence electrons. The van der Waals surface area contributed by atoms with Gasteiger partial charge in [0.1, 0.15) is 15.7 Å². The minimum atomic E-state index is -0.277. The lowest BCUT2D eigenvalue weighted by atomic mass is 10.1. The van der Waals surface area contributed by atoms with E-state index in [1.54, 1.807) is 12.1 Å². The highest BCUT2D eigenvalue weighted by Gasteiger charge is 2.20. The standard InChI is InChI=1S/C16H18FN3OS.2ClH/c1-10-14(15(21)20-13-6-8-18-9-7-13)22-16(19-10)11-2-4-12(17)5-3-11;;/h2-5,13,18H,6-9H2,1H3,(H,20,21);2*1H. The van der Waals surface area contributed by atoms with Gasteiger partial charge in [-0.05, 0) is 57.1 Å². The summed E-state index contributed by atoms with van der Waals surface area (Å²) in [5.41, 5.74) is 1.55. The predicted octanol–water partition coefficient (Wildman–Crippen LogP) is 3.58. The smallest absolute Gasteiger partial charge is 0.263 e. The van der Waals surface area contributed by atoms with Gasteiger partial charge in [0.25, 0.3) is 5.91 Å². The number of aromatic nitrogens is 1. The van der Waals surface area contributed by atoms with Crippen LogP contribution < -0.4 is 10.6 Å². The Morgan fingerprint density at radius 3 is 2.50 bits per heavy atom. The minimum absolute atomic E-state index is 0. The fraction of sp³-hybridized carbons (Fsp3) is 0.375. The van der Waals surface area contributed by atoms with Gasteiger partial charge in [0.2, 0.25) is 0 Å². The summed E-state index contributed by atoms with van der Waals surface area (Å²) in [6.07, 6.45) is 1.91. The summed E-state index contributed by atoms with van der Waals surface area (Å²) in [6.45, 7) is 3.71. The third-order valence-electron chi connectivity index (χ3n) is 3.77. The zero-order chi connectivity index (χ0) is 15.5. The fourth-order valence-corrected chi connectivity index (χ4v) is 3.52. The van der Waals surface area contributed by atoms with Crippen LogP contribution in [0.1, 0.15) is 28.2 Å². The maximum atomic E-state index is 13.0. The molecule has 1 saturated heterocycles. The Morgan fingerprint density at radius 1 is 1.25 bits per heavy atom. The molecule has 2 aromatic rings. The summed E-state index contributed by atoms with van der Waals surface area (Å²) in [5, 5.41) is 7.10. The van der Waals surface area contributed by atoms with Crippen LogP contribution in [0, 0.1) is 12.7 Å². The highest BCUT2D eigenvalue weighted by atomic mass is 35.5. The van der Waals surface area contributed by atoms with E-state index in [0.717, 1.165) is 42.2 Å². The van der Waals surface area contributed by atoms with Gasteiger partial charge < -0.3 is 10.6 Å². The number of carbonyl (C=O) groups is 1. The molecule has 0 radical (unpaired) electrons. The molecule has 3 rings (SSSR count). The summed E-state index contributed by atoms with van der Waals surface area (Å²) in [7, 11) is 0. The highest BCUT2D eigenvalue weighted by Crippen LogP contribution is 2.28. The minimum Gasteiger partial charge on any atom is -0.348 e. The van der Waals surface area contributed by atoms with E-state index in [4.69, 9.17) is 0 Å². The first-order valence-electron chi connectivity index (χ1n) is 7.38. The number of hydrogen-bond acceptors (Lipinski definition) is 4. The first-order chi connectivity index (χ1) is 10.6. The molecule has 0 aliphatic carbocycles. The number of piperidine rings is 1. The van der Waals surface area contributed by atoms with Gasteiger partial charge in [-0.25, -0.2) is 9.37 Å². The molecule has 1 aromatic carbocycles. The second-order valence-corrected chi connectivity index (χ2v) is 6.44. The molecule has 0 atom stereocenters. The quantitative estimate of drug-likeness (QED) is 0.840. The number of rotatable bonds is 3. The van der Waals surface area contributed by atoms with Crippen molar-refractivity contribution >= 4 is 42.1 Å². The largest absolute Gasteiger partial charge is 0.348 e. The molecular formula is C16H20Cl2FN3OS. The fourth-order valence-electron chi connectivity index (χ4n) is 2.54. The van der Waals surface area contributed by atoms with E-state index in [1.807, 2.05) is 6.92 Å². The van der Waals surface area contributed by atoms with Crippen LogP contribution in [0.2, 0.25) is 0 Å². The molecule has 0 spiro atoms. The second-order valence-electron chi connectivity index (χ2n) is 5.44. The molecule has 4 nitrogen and oxygen atoms in total. The van der Waals surface area contributed by atoms with Gasteiger partial charge in [0.15, 0.2) is 0 Å². The van der Waals surface area contributed by atoms with Crippen molar-refractivity contribution < 1.29 is 9.18 Å². The van der Waals surface area contributed by atoms with Crippen LogP contribution in [0.15, 0.2) is 24.3 Å². The van der Waals surface area contributed by atoms with Crippen molar-refractivity contribution in [2.45, 2.75) is 25.8 Å². The first-order valence-corrected chi connectivity index (χ1v) is 8.20. The SMILES string of the molecule is Cc1nc(-c2ccc(F)cc2)sc1C(=O)NC1CCNCC1.Cl.Cl. The van der Waals surface area contributed by atoms with Crippen molar-refractivity contribution in [3.8, 4) is 10.6 Å². The number of hydrogen-bond donors (Lipinski definition) is 2. The molecule has 2 N–H and O–H groups in total. The zero-order valence-corrected chi connectivity index (χ0v) is 15.6. The Hall–Kier alpha value is -1.21. The number of benzene rings is 1. The summed E-state index contributed by atoms with van der Waals surface area (Å²) >= 11 is 1.35. The van der Waals surface area contributed by atoms with Gasteiger partial charge in [-0.15, -0.1) is 36.2 Å². The average molecular weight is 392 g/mol. The predicted molar refractivity (Wildman–Crippen MR) is 100 cm³/mol. The molecule has 1 amide bonds. The van der Waals surface area contributed by atoms with E-state index in [2.05, 4.69) is 15.6 Å². The number of aryl methyl sites for hydroxylation is 1. The molecule has 1 fully saturated rings. The second kappa shape index (κ2) is 9.32. The number of halogens is 3. The van der Waals surface area contributed by atoms with E-state index in [9.17, 15) is 9.18 Å². The Morgan fingerprint density at radius 2 is 1.88 bits per heavy atom. The maximum absolute atomic E-state index is 13.0. The van der Waals surface area contributed by atoms with Crippen molar-refractivity contribution in [3.05, 3.63) is 40.7 Å². The van der Waals surface area contributed by atoms with Crippen LogP contribution in [-0.4, -0.2) is 30.0 Å². The van der Waals surface area contributed by atoms with Crippen LogP contribution in [-0.2, 0) is 0 Å². The Labute approximate surface area is 157 Å². The number of nitrogens with zero attached hydrogens (tertiary/aromatic N) is 1. The van der Waals surface area contributed by atoms with Gasteiger partial charge in [0, 0.05) is 11.6 Å². The number of nitrogens with one attached hydrogen (secondary N) is 2. The molecule has 1 aliphatic heterocycles. The molecular weight excluding hydrogens is 372 g/mol. The molecule has 8 heteroatoms. The lowest BCUT2D eigenvalue weighted by molar-refractivity contribution is 0.0933. The average Bonchev–Trinajstić information content (AvgIpc) is 2.91. The molecule has 24 heavy (non-hydrogen) atoms. The lowest BCUT2D eigenvalue weighted by Crippen LogP contribution is -2.42. The number of carbonyl (C=O) groups excluding carboxylic acids is 1. The molecule has 1 aromatic heterocycles. The summed E-state index contributed by atoms with van der Waals surface area (Å²) < 4.78 is 13.0. The Bertz CT molecular complexity index is 672. The maximum Gasteiger partial charge on any atom is 0.263 e. The monoisotopic (exact) mass is 391 g/mol. The van der Waals surface area contributed by atoms with Crippen LogP contribution in [0.25, 0.3) is 10.6 Å². The third-order valence-corrected chi connectivity index (χ3v) is 4.97. The van der Waals surface area contributed by atoms with Crippen molar-refractivity contribution in [1.29, 1.82) is 0 Å². The van der Waals surface area contributed by atoms with Crippen LogP contribution >= 0.6 is 36.2 Å². The van der Waals surface area contributed by atoms with E-state index in [1.165, 1.54) is 23.5 Å². The number of amides is 1. The molecule has 0 saturated carbocycles. The first kappa shape index (κ1) is 20.8. The molecule has 2 heterocycles. The van der Waals surface area contributed by atoms with Gasteiger partial charge in [-0.2, -0.15) is 0 Å². The third kappa shape index (κ3) is 4.89. The van der Waals surface area contributed by atoms with Gasteiger partial charge in [-0.1, -0.05) is 0 Å². The lowest BCUT2D eigenvalue weighted by Gasteiger charge is -2.23. The van der Waals surface area contributed by atoms with Crippen LogP contribution in [0.4, 0.5) is 4.39 Å². The van der Waals surface area contributed by atoms with Crippen molar-refractivity contribution in [1.82, 2.24) is 15.6 Å². The van der Waals surface area contributed by atoms with Crippen LogP contribution in [0.5, 0.6) is 0 Å². The van der Waals surface area contributed by atoms with E-state index in [-0.39, 0.29) is 42.6 Å². The molecule has 0 bridgehead atoms. The van der Waals surface area contributed by atoms with E-state index >= 15 is 0 Å². The van der Waals surface area contributed by atoms with Crippen molar-refractivity contribution in [2.24, 2.45) is 0 Å². The summed E-state index contributed by atoms with van der Waals surface area (Å²) in [6, 6.07) is 6.40. The molecule has 0 unspecified atom stereocenters. The van der Waals surface area contributed by atoms with Gasteiger partial charge in [-0.3, -0.25) is 4.79 Å². The normalized spacial score (nSPS) is 14.4. The summed E-state index contributed by atoms with van der Waals surface area (Å²) in [4.78, 5) is 17.5. The zero-order valence-electron chi connectivity index (χ0n) is 13.2. The van der Waals surface area contributed by atoms with E-state index in [0.29, 0.717) is 4.88 Å². The Kier molecular flexibility index (Phi) is 8.09. The summed E-state index contributed by atoms with van der Waals surface area (Å²) in [5.74, 6) is -0.337. The number of thiazole rings is 1. The van der Waals surface area contributed by atoms with E-state index < -0.39 is 0 Å². The highest BCUT2D eigenvalue weighted by molar-refractivity contribution is 7.17. The topological polar surface area (TPSA) is 54.0 Å². The Balaban J connectivity index is 0.00000144.